The molecule has 1 aliphatic rings. The van der Waals surface area contributed by atoms with Gasteiger partial charge >= 0.3 is 6.03 Å². The zero-order valence-corrected chi connectivity index (χ0v) is 17.2. The fourth-order valence-corrected chi connectivity index (χ4v) is 3.30. The molecule has 2 amide bonds. The van der Waals surface area contributed by atoms with Crippen molar-refractivity contribution in [3.05, 3.63) is 52.1 Å². The number of rotatable bonds is 6. The van der Waals surface area contributed by atoms with E-state index in [0.29, 0.717) is 31.9 Å². The number of nitrogens with one attached hydrogen (secondary N) is 2. The maximum absolute atomic E-state index is 13.6. The molecule has 0 unspecified atom stereocenters. The number of halogens is 2. The van der Waals surface area contributed by atoms with E-state index in [0.717, 1.165) is 16.8 Å². The van der Waals surface area contributed by atoms with Gasteiger partial charge in [-0.2, -0.15) is 0 Å². The van der Waals surface area contributed by atoms with Crippen LogP contribution in [-0.2, 0) is 19.4 Å². The molecule has 0 fully saturated rings. The van der Waals surface area contributed by atoms with Crippen LogP contribution in [-0.4, -0.2) is 51.2 Å². The monoisotopic (exact) mass is 421 g/mol. The van der Waals surface area contributed by atoms with Crippen molar-refractivity contribution in [1.29, 1.82) is 0 Å². The summed E-state index contributed by atoms with van der Waals surface area (Å²) in [5.41, 5.74) is 2.58. The Morgan fingerprint density at radius 2 is 2.17 bits per heavy atom. The number of carbonyl (C=O) groups excluding carboxylic acids is 1. The highest BCUT2D eigenvalue weighted by Crippen LogP contribution is 2.19. The minimum absolute atomic E-state index is 0.0234. The summed E-state index contributed by atoms with van der Waals surface area (Å²) in [4.78, 5) is 23.1. The van der Waals surface area contributed by atoms with Crippen molar-refractivity contribution in [2.75, 3.05) is 18.5 Å². The topological polar surface area (TPSA) is 90.4 Å². The molecule has 2 atom stereocenters. The van der Waals surface area contributed by atoms with Crippen molar-refractivity contribution < 1.29 is 14.3 Å². The molecule has 7 nitrogen and oxygen atoms in total. The number of urea groups is 1. The van der Waals surface area contributed by atoms with Gasteiger partial charge in [-0.25, -0.2) is 19.2 Å². The first-order valence-electron chi connectivity index (χ1n) is 9.57. The molecule has 0 spiro atoms. The summed E-state index contributed by atoms with van der Waals surface area (Å²) >= 11 is 5.71. The maximum Gasteiger partial charge on any atom is 0.317 e. The summed E-state index contributed by atoms with van der Waals surface area (Å²) < 4.78 is 13.6. The third kappa shape index (κ3) is 5.55. The van der Waals surface area contributed by atoms with Crippen molar-refractivity contribution in [1.82, 2.24) is 20.2 Å². The largest absolute Gasteiger partial charge is 0.394 e. The normalized spacial score (nSPS) is 15.4. The van der Waals surface area contributed by atoms with Gasteiger partial charge in [0.2, 0.25) is 5.95 Å². The molecule has 0 saturated heterocycles. The van der Waals surface area contributed by atoms with Gasteiger partial charge in [0, 0.05) is 24.8 Å². The van der Waals surface area contributed by atoms with E-state index in [-0.39, 0.29) is 29.7 Å². The smallest absolute Gasteiger partial charge is 0.317 e. The van der Waals surface area contributed by atoms with Crippen LogP contribution in [0.3, 0.4) is 0 Å². The molecule has 156 valence electrons. The van der Waals surface area contributed by atoms with Crippen LogP contribution in [0.15, 0.2) is 24.4 Å². The molecule has 3 N–H and O–H groups in total. The molecule has 0 aliphatic carbocycles. The van der Waals surface area contributed by atoms with Gasteiger partial charge in [-0.05, 0) is 49.9 Å². The lowest BCUT2D eigenvalue weighted by Gasteiger charge is -2.29. The number of benzene rings is 1. The fraction of sp³-hybridized carbons (Fsp3) is 0.450. The summed E-state index contributed by atoms with van der Waals surface area (Å²) in [6.07, 6.45) is 2.94. The predicted octanol–water partition coefficient (Wildman–Crippen LogP) is 2.76. The van der Waals surface area contributed by atoms with Crippen molar-refractivity contribution in [3.8, 4) is 0 Å². The Balaban J connectivity index is 1.59. The van der Waals surface area contributed by atoms with Gasteiger partial charge in [0.05, 0.1) is 23.9 Å². The van der Waals surface area contributed by atoms with Crippen molar-refractivity contribution in [2.24, 2.45) is 0 Å². The average Bonchev–Trinajstić information content (AvgIpc) is 2.70. The summed E-state index contributed by atoms with van der Waals surface area (Å²) in [6.45, 7) is 4.64. The third-order valence-corrected chi connectivity index (χ3v) is 5.08. The van der Waals surface area contributed by atoms with E-state index in [1.54, 1.807) is 17.2 Å². The molecule has 29 heavy (non-hydrogen) atoms. The highest BCUT2D eigenvalue weighted by atomic mass is 35.5. The van der Waals surface area contributed by atoms with E-state index < -0.39 is 5.82 Å². The van der Waals surface area contributed by atoms with Crippen molar-refractivity contribution in [3.63, 3.8) is 0 Å². The molecule has 3 rings (SSSR count). The zero-order valence-electron chi connectivity index (χ0n) is 16.5. The van der Waals surface area contributed by atoms with Crippen LogP contribution in [0.2, 0.25) is 5.02 Å². The Labute approximate surface area is 174 Å². The second kappa shape index (κ2) is 9.37. The number of fused-ring (bicyclic) bond motifs is 1. The molecule has 0 radical (unpaired) electrons. The van der Waals surface area contributed by atoms with Gasteiger partial charge in [-0.1, -0.05) is 17.7 Å². The Hall–Kier alpha value is -2.45. The minimum Gasteiger partial charge on any atom is -0.394 e. The first-order valence-corrected chi connectivity index (χ1v) is 9.95. The van der Waals surface area contributed by atoms with E-state index in [1.165, 1.54) is 12.1 Å². The van der Waals surface area contributed by atoms with Gasteiger partial charge in [-0.15, -0.1) is 0 Å². The van der Waals surface area contributed by atoms with Crippen LogP contribution in [0.1, 0.15) is 30.7 Å². The SMILES string of the molecule is C[C@H](Cc1ccc(Cl)c(F)c1)NC(=O)N1CCc2cnc(N[C@@H](C)CO)nc2C1. The Bertz CT molecular complexity index is 882. The maximum atomic E-state index is 13.6. The summed E-state index contributed by atoms with van der Waals surface area (Å²) in [6, 6.07) is 4.15. The summed E-state index contributed by atoms with van der Waals surface area (Å²) in [5.74, 6) is -0.0272. The van der Waals surface area contributed by atoms with Gasteiger partial charge in [0.1, 0.15) is 5.82 Å². The molecule has 0 bridgehead atoms. The minimum atomic E-state index is -0.463. The van der Waals surface area contributed by atoms with Crippen molar-refractivity contribution >= 4 is 23.6 Å². The Morgan fingerprint density at radius 1 is 1.38 bits per heavy atom. The zero-order chi connectivity index (χ0) is 21.0. The number of amides is 2. The van der Waals surface area contributed by atoms with Crippen LogP contribution in [0, 0.1) is 5.82 Å². The second-order valence-electron chi connectivity index (χ2n) is 7.37. The van der Waals surface area contributed by atoms with Crippen LogP contribution < -0.4 is 10.6 Å². The van der Waals surface area contributed by atoms with Crippen LogP contribution in [0.5, 0.6) is 0 Å². The number of aromatic nitrogens is 2. The van der Waals surface area contributed by atoms with Crippen molar-refractivity contribution in [2.45, 2.75) is 45.3 Å². The second-order valence-corrected chi connectivity index (χ2v) is 7.78. The van der Waals surface area contributed by atoms with Crippen LogP contribution in [0.25, 0.3) is 0 Å². The summed E-state index contributed by atoms with van der Waals surface area (Å²) in [5, 5.41) is 15.2. The first-order chi connectivity index (χ1) is 13.9. The standard InChI is InChI=1S/C20H25ClFN5O2/c1-12(7-14-3-4-16(21)17(22)8-14)25-20(29)27-6-5-15-9-23-19(24-13(2)11-28)26-18(15)10-27/h3-4,8-9,12-13,28H,5-7,10-11H2,1-2H3,(H,25,29)(H,23,24,26)/t12-,13+/m1/s1. The molecule has 1 aliphatic heterocycles. The number of anilines is 1. The average molecular weight is 422 g/mol. The molecule has 1 aromatic carbocycles. The molecule has 1 aromatic heterocycles. The highest BCUT2D eigenvalue weighted by Gasteiger charge is 2.23. The first kappa shape index (κ1) is 21.3. The quantitative estimate of drug-likeness (QED) is 0.667. The molecule has 0 saturated carbocycles. The molecular formula is C20H25ClFN5O2. The van der Waals surface area contributed by atoms with Gasteiger partial charge in [0.25, 0.3) is 0 Å². The number of hydrogen-bond donors (Lipinski definition) is 3. The lowest BCUT2D eigenvalue weighted by atomic mass is 10.1. The van der Waals surface area contributed by atoms with Gasteiger partial charge < -0.3 is 20.6 Å². The Kier molecular flexibility index (Phi) is 6.87. The number of carbonyl (C=O) groups is 1. The fourth-order valence-electron chi connectivity index (χ4n) is 3.19. The number of aliphatic hydroxyl groups is 1. The van der Waals surface area contributed by atoms with E-state index in [9.17, 15) is 9.18 Å². The van der Waals surface area contributed by atoms with E-state index >= 15 is 0 Å². The number of aliphatic hydroxyl groups excluding tert-OH is 1. The van der Waals surface area contributed by atoms with E-state index in [4.69, 9.17) is 16.7 Å². The molecule has 2 aromatic rings. The van der Waals surface area contributed by atoms with Gasteiger partial charge in [0.15, 0.2) is 0 Å². The molecule has 2 heterocycles. The van der Waals surface area contributed by atoms with E-state index in [2.05, 4.69) is 20.6 Å². The van der Waals surface area contributed by atoms with Gasteiger partial charge in [-0.3, -0.25) is 0 Å². The highest BCUT2D eigenvalue weighted by molar-refractivity contribution is 6.30. The Morgan fingerprint density at radius 3 is 2.90 bits per heavy atom. The molecular weight excluding hydrogens is 397 g/mol. The lowest BCUT2D eigenvalue weighted by Crippen LogP contribution is -2.46. The van der Waals surface area contributed by atoms with E-state index in [1.807, 2.05) is 13.8 Å². The lowest BCUT2D eigenvalue weighted by molar-refractivity contribution is 0.188. The molecule has 9 heteroatoms. The predicted molar refractivity (Wildman–Crippen MR) is 109 cm³/mol. The number of hydrogen-bond acceptors (Lipinski definition) is 5. The summed E-state index contributed by atoms with van der Waals surface area (Å²) in [7, 11) is 0. The van der Waals surface area contributed by atoms with Crippen LogP contribution in [0.4, 0.5) is 15.1 Å². The van der Waals surface area contributed by atoms with Crippen LogP contribution >= 0.6 is 11.6 Å². The number of nitrogens with zero attached hydrogens (tertiary/aromatic N) is 3. The third-order valence-electron chi connectivity index (χ3n) is 4.78.